The van der Waals surface area contributed by atoms with Crippen molar-refractivity contribution in [2.24, 2.45) is 7.05 Å². The molecule has 0 aliphatic carbocycles. The Labute approximate surface area is 160 Å². The molecule has 0 saturated heterocycles. The minimum atomic E-state index is -0.507. The highest BCUT2D eigenvalue weighted by Crippen LogP contribution is 2.24. The number of imidazole rings is 1. The number of carbonyl (C=O) groups is 1. The SMILES string of the molecule is Cn1ccnc1[C@@H](NC(=O)Cc1c(F)cccc1Cl)c1ccc(Cl)cc1. The minimum Gasteiger partial charge on any atom is -0.342 e. The molecule has 2 aromatic carbocycles. The number of rotatable bonds is 5. The zero-order chi connectivity index (χ0) is 18.7. The third-order valence-corrected chi connectivity index (χ3v) is 4.63. The highest BCUT2D eigenvalue weighted by atomic mass is 35.5. The fourth-order valence-corrected chi connectivity index (χ4v) is 3.04. The standard InChI is InChI=1S/C19H16Cl2FN3O/c1-25-10-9-23-19(25)18(12-5-7-13(20)8-6-12)24-17(26)11-14-15(21)3-2-4-16(14)22/h2-10,18H,11H2,1H3,(H,24,26)/t18-/m0/s1. The average Bonchev–Trinajstić information content (AvgIpc) is 3.03. The van der Waals surface area contributed by atoms with Gasteiger partial charge in [0.1, 0.15) is 17.7 Å². The maximum absolute atomic E-state index is 14.0. The Kier molecular flexibility index (Phi) is 5.59. The van der Waals surface area contributed by atoms with Crippen molar-refractivity contribution in [3.05, 3.63) is 87.7 Å². The number of amides is 1. The largest absolute Gasteiger partial charge is 0.342 e. The predicted octanol–water partition coefficient (Wildman–Crippen LogP) is 4.31. The van der Waals surface area contributed by atoms with Gasteiger partial charge in [0.15, 0.2) is 0 Å². The molecule has 4 nitrogen and oxygen atoms in total. The van der Waals surface area contributed by atoms with Crippen molar-refractivity contribution < 1.29 is 9.18 Å². The normalized spacial score (nSPS) is 12.0. The van der Waals surface area contributed by atoms with E-state index < -0.39 is 11.9 Å². The van der Waals surface area contributed by atoms with Gasteiger partial charge < -0.3 is 9.88 Å². The van der Waals surface area contributed by atoms with Gasteiger partial charge >= 0.3 is 0 Å². The van der Waals surface area contributed by atoms with E-state index in [4.69, 9.17) is 23.2 Å². The highest BCUT2D eigenvalue weighted by Gasteiger charge is 2.22. The zero-order valence-corrected chi connectivity index (χ0v) is 15.4. The molecule has 7 heteroatoms. The van der Waals surface area contributed by atoms with Crippen LogP contribution >= 0.6 is 23.2 Å². The first kappa shape index (κ1) is 18.4. The molecule has 0 aliphatic rings. The van der Waals surface area contributed by atoms with Gasteiger partial charge in [0.05, 0.1) is 6.42 Å². The average molecular weight is 392 g/mol. The van der Waals surface area contributed by atoms with Crippen molar-refractivity contribution in [2.45, 2.75) is 12.5 Å². The highest BCUT2D eigenvalue weighted by molar-refractivity contribution is 6.31. The zero-order valence-electron chi connectivity index (χ0n) is 13.9. The first-order valence-corrected chi connectivity index (χ1v) is 8.66. The molecule has 1 amide bonds. The summed E-state index contributed by atoms with van der Waals surface area (Å²) in [4.78, 5) is 16.9. The lowest BCUT2D eigenvalue weighted by molar-refractivity contribution is -0.121. The summed E-state index contributed by atoms with van der Waals surface area (Å²) < 4.78 is 15.8. The fraction of sp³-hybridized carbons (Fsp3) is 0.158. The van der Waals surface area contributed by atoms with Gasteiger partial charge in [-0.2, -0.15) is 0 Å². The summed E-state index contributed by atoms with van der Waals surface area (Å²) in [6.45, 7) is 0. The lowest BCUT2D eigenvalue weighted by Crippen LogP contribution is -2.32. The molecule has 26 heavy (non-hydrogen) atoms. The maximum atomic E-state index is 14.0. The topological polar surface area (TPSA) is 46.9 Å². The van der Waals surface area contributed by atoms with Crippen LogP contribution in [0.5, 0.6) is 0 Å². The molecule has 0 bridgehead atoms. The number of halogens is 3. The van der Waals surface area contributed by atoms with Gasteiger partial charge in [0.25, 0.3) is 0 Å². The number of nitrogens with one attached hydrogen (secondary N) is 1. The van der Waals surface area contributed by atoms with Crippen molar-refractivity contribution in [1.82, 2.24) is 14.9 Å². The molecule has 0 fully saturated rings. The molecule has 1 aromatic heterocycles. The summed E-state index contributed by atoms with van der Waals surface area (Å²) in [6.07, 6.45) is 3.27. The van der Waals surface area contributed by atoms with Crippen LogP contribution < -0.4 is 5.32 Å². The molecular formula is C19H16Cl2FN3O. The van der Waals surface area contributed by atoms with Crippen molar-refractivity contribution >= 4 is 29.1 Å². The number of carbonyl (C=O) groups excluding carboxylic acids is 1. The Balaban J connectivity index is 1.87. The van der Waals surface area contributed by atoms with E-state index in [2.05, 4.69) is 10.3 Å². The van der Waals surface area contributed by atoms with Crippen molar-refractivity contribution in [3.8, 4) is 0 Å². The first-order valence-electron chi connectivity index (χ1n) is 7.90. The maximum Gasteiger partial charge on any atom is 0.225 e. The third kappa shape index (κ3) is 4.06. The Morgan fingerprint density at radius 2 is 1.96 bits per heavy atom. The second kappa shape index (κ2) is 7.89. The molecule has 0 unspecified atom stereocenters. The number of aryl methyl sites for hydroxylation is 1. The van der Waals surface area contributed by atoms with E-state index in [1.165, 1.54) is 12.1 Å². The number of hydrogen-bond acceptors (Lipinski definition) is 2. The summed E-state index contributed by atoms with van der Waals surface area (Å²) in [5.41, 5.74) is 0.984. The van der Waals surface area contributed by atoms with E-state index in [1.807, 2.05) is 23.7 Å². The summed E-state index contributed by atoms with van der Waals surface area (Å²) in [5.74, 6) is -0.215. The van der Waals surface area contributed by atoms with Gasteiger partial charge in [-0.1, -0.05) is 41.4 Å². The minimum absolute atomic E-state index is 0.167. The second-order valence-corrected chi connectivity index (χ2v) is 6.67. The van der Waals surface area contributed by atoms with E-state index in [9.17, 15) is 9.18 Å². The van der Waals surface area contributed by atoms with Crippen LogP contribution in [0.15, 0.2) is 54.9 Å². The first-order chi connectivity index (χ1) is 12.5. The van der Waals surface area contributed by atoms with Crippen LogP contribution in [0, 0.1) is 5.82 Å². The molecule has 134 valence electrons. The van der Waals surface area contributed by atoms with Crippen LogP contribution in [-0.4, -0.2) is 15.5 Å². The number of nitrogens with zero attached hydrogens (tertiary/aromatic N) is 2. The van der Waals surface area contributed by atoms with Crippen LogP contribution in [-0.2, 0) is 18.3 Å². The molecule has 3 aromatic rings. The summed E-state index contributed by atoms with van der Waals surface area (Å²) in [6, 6.07) is 11.0. The van der Waals surface area contributed by atoms with Crippen LogP contribution in [0.25, 0.3) is 0 Å². The van der Waals surface area contributed by atoms with E-state index in [1.54, 1.807) is 30.6 Å². The molecule has 1 heterocycles. The van der Waals surface area contributed by atoms with Gasteiger partial charge in [-0.15, -0.1) is 0 Å². The summed E-state index contributed by atoms with van der Waals surface area (Å²) >= 11 is 12.0. The molecule has 3 rings (SSSR count). The van der Waals surface area contributed by atoms with Crippen molar-refractivity contribution in [3.63, 3.8) is 0 Å². The molecule has 0 radical (unpaired) electrons. The van der Waals surface area contributed by atoms with E-state index in [0.717, 1.165) is 5.56 Å². The van der Waals surface area contributed by atoms with Gasteiger partial charge in [-0.25, -0.2) is 9.37 Å². The fourth-order valence-electron chi connectivity index (χ4n) is 2.68. The number of aromatic nitrogens is 2. The predicted molar refractivity (Wildman–Crippen MR) is 99.8 cm³/mol. The van der Waals surface area contributed by atoms with Crippen molar-refractivity contribution in [1.29, 1.82) is 0 Å². The van der Waals surface area contributed by atoms with Crippen molar-refractivity contribution in [2.75, 3.05) is 0 Å². The Morgan fingerprint density at radius 3 is 2.58 bits per heavy atom. The van der Waals surface area contributed by atoms with Crippen LogP contribution in [0.4, 0.5) is 4.39 Å². The summed E-state index contributed by atoms with van der Waals surface area (Å²) in [5, 5.41) is 3.72. The van der Waals surface area contributed by atoms with Gasteiger partial charge in [0.2, 0.25) is 5.91 Å². The van der Waals surface area contributed by atoms with Crippen LogP contribution in [0.1, 0.15) is 23.0 Å². The quantitative estimate of drug-likeness (QED) is 0.703. The Morgan fingerprint density at radius 1 is 1.23 bits per heavy atom. The third-order valence-electron chi connectivity index (χ3n) is 4.02. The number of hydrogen-bond donors (Lipinski definition) is 1. The molecule has 0 spiro atoms. The molecular weight excluding hydrogens is 376 g/mol. The lowest BCUT2D eigenvalue weighted by atomic mass is 10.0. The summed E-state index contributed by atoms with van der Waals surface area (Å²) in [7, 11) is 1.84. The number of benzene rings is 2. The Bertz CT molecular complexity index is 905. The lowest BCUT2D eigenvalue weighted by Gasteiger charge is -2.19. The van der Waals surface area contributed by atoms with Gasteiger partial charge in [-0.05, 0) is 29.8 Å². The van der Waals surface area contributed by atoms with Gasteiger partial charge in [-0.3, -0.25) is 4.79 Å². The van der Waals surface area contributed by atoms with Gasteiger partial charge in [0, 0.05) is 35.1 Å². The monoisotopic (exact) mass is 391 g/mol. The van der Waals surface area contributed by atoms with Crippen LogP contribution in [0.2, 0.25) is 10.0 Å². The smallest absolute Gasteiger partial charge is 0.225 e. The second-order valence-electron chi connectivity index (χ2n) is 5.83. The van der Waals surface area contributed by atoms with Crippen LogP contribution in [0.3, 0.4) is 0 Å². The molecule has 0 aliphatic heterocycles. The van der Waals surface area contributed by atoms with E-state index in [0.29, 0.717) is 10.8 Å². The molecule has 1 atom stereocenters. The van der Waals surface area contributed by atoms with E-state index in [-0.39, 0.29) is 22.9 Å². The molecule has 1 N–H and O–H groups in total. The van der Waals surface area contributed by atoms with E-state index >= 15 is 0 Å². The molecule has 0 saturated carbocycles. The Hall–Kier alpha value is -2.37.